The molecule has 0 aliphatic heterocycles. The van der Waals surface area contributed by atoms with Gasteiger partial charge in [-0.25, -0.2) is 0 Å². The highest BCUT2D eigenvalue weighted by Gasteiger charge is 2.10. The number of carbonyl (C=O) groups excluding carboxylic acids is 1. The third kappa shape index (κ3) is 5.04. The molecular weight excluding hydrogens is 393 g/mol. The monoisotopic (exact) mass is 411 g/mol. The van der Waals surface area contributed by atoms with Crippen LogP contribution in [0.3, 0.4) is 0 Å². The fraction of sp³-hybridized carbons (Fsp3) is 0.235. The zero-order valence-electron chi connectivity index (χ0n) is 11.9. The third-order valence-corrected chi connectivity index (χ3v) is 5.59. The van der Waals surface area contributed by atoms with E-state index in [1.54, 1.807) is 0 Å². The maximum atomic E-state index is 12.1. The summed E-state index contributed by atoms with van der Waals surface area (Å²) in [5.74, 6) is 1.03. The lowest BCUT2D eigenvalue weighted by atomic mass is 10.1. The van der Waals surface area contributed by atoms with E-state index in [1.165, 1.54) is 4.90 Å². The minimum atomic E-state index is 0.0211. The predicted octanol–water partition coefficient (Wildman–Crippen LogP) is 4.51. The molecular formula is C17H18INOS. The van der Waals surface area contributed by atoms with E-state index in [-0.39, 0.29) is 5.91 Å². The molecule has 2 aromatic rings. The molecule has 0 spiro atoms. The number of hydrogen-bond acceptors (Lipinski definition) is 2. The van der Waals surface area contributed by atoms with Crippen molar-refractivity contribution in [3.63, 3.8) is 0 Å². The van der Waals surface area contributed by atoms with Crippen molar-refractivity contribution < 1.29 is 4.79 Å². The highest BCUT2D eigenvalue weighted by Crippen LogP contribution is 2.18. The number of benzene rings is 2. The molecule has 0 aliphatic rings. The van der Waals surface area contributed by atoms with Gasteiger partial charge in [-0.05, 0) is 65.5 Å². The number of carbonyl (C=O) groups is 1. The molecule has 0 saturated carbocycles. The van der Waals surface area contributed by atoms with E-state index in [9.17, 15) is 4.79 Å². The molecule has 1 N–H and O–H groups in total. The number of hydrogen-bond donors (Lipinski definition) is 1. The summed E-state index contributed by atoms with van der Waals surface area (Å²) < 4.78 is 1.03. The molecule has 110 valence electrons. The molecule has 0 radical (unpaired) electrons. The predicted molar refractivity (Wildman–Crippen MR) is 98.0 cm³/mol. The topological polar surface area (TPSA) is 29.1 Å². The summed E-state index contributed by atoms with van der Waals surface area (Å²) in [6.45, 7) is 2.73. The highest BCUT2D eigenvalue weighted by atomic mass is 127. The molecule has 0 heterocycles. The first kappa shape index (κ1) is 16.4. The van der Waals surface area contributed by atoms with Gasteiger partial charge in [0.1, 0.15) is 0 Å². The average molecular weight is 411 g/mol. The Labute approximate surface area is 143 Å². The van der Waals surface area contributed by atoms with E-state index >= 15 is 0 Å². The van der Waals surface area contributed by atoms with Crippen molar-refractivity contribution in [3.8, 4) is 0 Å². The summed E-state index contributed by atoms with van der Waals surface area (Å²) in [4.78, 5) is 13.4. The Hall–Kier alpha value is -1.01. The lowest BCUT2D eigenvalue weighted by Gasteiger charge is -2.08. The summed E-state index contributed by atoms with van der Waals surface area (Å²) in [6, 6.07) is 16.2. The van der Waals surface area contributed by atoms with Gasteiger partial charge in [0.15, 0.2) is 0 Å². The number of aryl methyl sites for hydroxylation is 1. The van der Waals surface area contributed by atoms with Crippen molar-refractivity contribution in [2.45, 2.75) is 18.2 Å². The van der Waals surface area contributed by atoms with Crippen LogP contribution in [0, 0.1) is 10.5 Å². The third-order valence-electron chi connectivity index (χ3n) is 3.06. The van der Waals surface area contributed by atoms with Gasteiger partial charge in [-0.2, -0.15) is 0 Å². The van der Waals surface area contributed by atoms with Crippen LogP contribution in [0.1, 0.15) is 22.3 Å². The number of rotatable bonds is 6. The van der Waals surface area contributed by atoms with E-state index < -0.39 is 0 Å². The summed E-state index contributed by atoms with van der Waals surface area (Å²) in [7, 11) is 0. The van der Waals surface area contributed by atoms with Gasteiger partial charge in [-0.3, -0.25) is 4.79 Å². The number of halogens is 1. The van der Waals surface area contributed by atoms with Crippen LogP contribution in [0.4, 0.5) is 0 Å². The van der Waals surface area contributed by atoms with Crippen molar-refractivity contribution in [2.75, 3.05) is 12.3 Å². The molecule has 21 heavy (non-hydrogen) atoms. The lowest BCUT2D eigenvalue weighted by molar-refractivity contribution is 0.0953. The Morgan fingerprint density at radius 2 is 1.90 bits per heavy atom. The number of thioether (sulfide) groups is 1. The zero-order valence-corrected chi connectivity index (χ0v) is 14.9. The molecule has 0 aromatic heterocycles. The van der Waals surface area contributed by atoms with Crippen LogP contribution in [-0.4, -0.2) is 18.2 Å². The second kappa shape index (κ2) is 8.44. The quantitative estimate of drug-likeness (QED) is 0.431. The molecule has 4 heteroatoms. The fourth-order valence-electron chi connectivity index (χ4n) is 1.90. The van der Waals surface area contributed by atoms with E-state index in [0.29, 0.717) is 6.54 Å². The Bertz CT molecular complexity index is 601. The van der Waals surface area contributed by atoms with Crippen molar-refractivity contribution in [1.29, 1.82) is 0 Å². The van der Waals surface area contributed by atoms with Crippen LogP contribution in [0.15, 0.2) is 53.4 Å². The summed E-state index contributed by atoms with van der Waals surface area (Å²) in [5, 5.41) is 3.00. The SMILES string of the molecule is Cc1cccc(C(=O)NCCCSc2ccccc2)c1I. The molecule has 0 saturated heterocycles. The van der Waals surface area contributed by atoms with Crippen LogP contribution in [0.2, 0.25) is 0 Å². The van der Waals surface area contributed by atoms with Crippen molar-refractivity contribution in [3.05, 3.63) is 63.2 Å². The van der Waals surface area contributed by atoms with Gasteiger partial charge in [0.25, 0.3) is 5.91 Å². The average Bonchev–Trinajstić information content (AvgIpc) is 2.50. The maximum absolute atomic E-state index is 12.1. The van der Waals surface area contributed by atoms with Gasteiger partial charge in [0.05, 0.1) is 5.56 Å². The van der Waals surface area contributed by atoms with Gasteiger partial charge < -0.3 is 5.32 Å². The standard InChI is InChI=1S/C17H18INOS/c1-13-7-5-10-15(16(13)18)17(20)19-11-6-12-21-14-8-3-2-4-9-14/h2-5,7-10H,6,11-12H2,1H3,(H,19,20). The van der Waals surface area contributed by atoms with Crippen molar-refractivity contribution in [2.24, 2.45) is 0 Å². The normalized spacial score (nSPS) is 10.4. The van der Waals surface area contributed by atoms with Crippen LogP contribution in [-0.2, 0) is 0 Å². The second-order valence-electron chi connectivity index (χ2n) is 4.71. The van der Waals surface area contributed by atoms with Gasteiger partial charge in [0.2, 0.25) is 0 Å². The minimum Gasteiger partial charge on any atom is -0.352 e. The van der Waals surface area contributed by atoms with Gasteiger partial charge >= 0.3 is 0 Å². The van der Waals surface area contributed by atoms with Crippen molar-refractivity contribution in [1.82, 2.24) is 5.32 Å². The highest BCUT2D eigenvalue weighted by molar-refractivity contribution is 14.1. The molecule has 0 atom stereocenters. The molecule has 1 amide bonds. The van der Waals surface area contributed by atoms with Gasteiger partial charge in [0, 0.05) is 15.0 Å². The first-order valence-corrected chi connectivity index (χ1v) is 8.96. The van der Waals surface area contributed by atoms with E-state index in [4.69, 9.17) is 0 Å². The van der Waals surface area contributed by atoms with Crippen LogP contribution >= 0.6 is 34.4 Å². The largest absolute Gasteiger partial charge is 0.352 e. The van der Waals surface area contributed by atoms with Crippen molar-refractivity contribution >= 4 is 40.3 Å². The molecule has 2 nitrogen and oxygen atoms in total. The molecule has 2 rings (SSSR count). The Morgan fingerprint density at radius 1 is 1.14 bits per heavy atom. The first-order valence-electron chi connectivity index (χ1n) is 6.89. The maximum Gasteiger partial charge on any atom is 0.252 e. The number of amides is 1. The van der Waals surface area contributed by atoms with Crippen LogP contribution < -0.4 is 5.32 Å². The van der Waals surface area contributed by atoms with E-state index in [1.807, 2.05) is 55.1 Å². The second-order valence-corrected chi connectivity index (χ2v) is 6.95. The molecule has 0 bridgehead atoms. The van der Waals surface area contributed by atoms with E-state index in [2.05, 4.69) is 40.0 Å². The van der Waals surface area contributed by atoms with Gasteiger partial charge in [-0.15, -0.1) is 11.8 Å². The van der Waals surface area contributed by atoms with Crippen LogP contribution in [0.25, 0.3) is 0 Å². The minimum absolute atomic E-state index is 0.0211. The summed E-state index contributed by atoms with van der Waals surface area (Å²) in [5.41, 5.74) is 1.91. The molecule has 2 aromatic carbocycles. The summed E-state index contributed by atoms with van der Waals surface area (Å²) in [6.07, 6.45) is 0.966. The molecule has 0 unspecified atom stereocenters. The lowest BCUT2D eigenvalue weighted by Crippen LogP contribution is -2.25. The van der Waals surface area contributed by atoms with E-state index in [0.717, 1.165) is 26.9 Å². The summed E-state index contributed by atoms with van der Waals surface area (Å²) >= 11 is 4.05. The fourth-order valence-corrected chi connectivity index (χ4v) is 3.38. The van der Waals surface area contributed by atoms with Crippen LogP contribution in [0.5, 0.6) is 0 Å². The molecule has 0 aliphatic carbocycles. The number of nitrogens with one attached hydrogen (secondary N) is 1. The Kier molecular flexibility index (Phi) is 6.57. The van der Waals surface area contributed by atoms with Gasteiger partial charge in [-0.1, -0.05) is 30.3 Å². The Balaban J connectivity index is 1.73. The zero-order chi connectivity index (χ0) is 15.1. The Morgan fingerprint density at radius 3 is 2.67 bits per heavy atom. The first-order chi connectivity index (χ1) is 10.2. The molecule has 0 fully saturated rings. The smallest absolute Gasteiger partial charge is 0.252 e.